The van der Waals surface area contributed by atoms with Gasteiger partial charge < -0.3 is 9.73 Å². The maximum atomic E-state index is 5.78. The van der Waals surface area contributed by atoms with Gasteiger partial charge in [0.25, 0.3) is 0 Å². The minimum absolute atomic E-state index is 0.445. The average molecular weight is 285 g/mol. The molecule has 2 aromatic rings. The van der Waals surface area contributed by atoms with E-state index in [-0.39, 0.29) is 0 Å². The molecule has 1 atom stereocenters. The molecule has 1 saturated carbocycles. The van der Waals surface area contributed by atoms with Gasteiger partial charge in [-0.2, -0.15) is 0 Å². The molecule has 1 aromatic heterocycles. The van der Waals surface area contributed by atoms with Gasteiger partial charge in [0, 0.05) is 17.0 Å². The van der Waals surface area contributed by atoms with Crippen molar-refractivity contribution < 1.29 is 4.42 Å². The van der Waals surface area contributed by atoms with Crippen LogP contribution in [0, 0.1) is 11.8 Å². The molecule has 21 heavy (non-hydrogen) atoms. The Morgan fingerprint density at radius 3 is 2.71 bits per heavy atom. The summed E-state index contributed by atoms with van der Waals surface area (Å²) in [5.74, 6) is 1.64. The normalized spacial score (nSPS) is 24.3. The molecule has 0 saturated heterocycles. The van der Waals surface area contributed by atoms with Crippen molar-refractivity contribution in [2.45, 2.75) is 52.0 Å². The van der Waals surface area contributed by atoms with Gasteiger partial charge in [-0.25, -0.2) is 0 Å². The Morgan fingerprint density at radius 1 is 1.19 bits per heavy atom. The minimum Gasteiger partial charge on any atom is -0.464 e. The summed E-state index contributed by atoms with van der Waals surface area (Å²) in [6.07, 6.45) is 8.56. The number of nitrogens with one attached hydrogen (secondary N) is 1. The highest BCUT2D eigenvalue weighted by Crippen LogP contribution is 2.39. The Balaban J connectivity index is 1.87. The summed E-state index contributed by atoms with van der Waals surface area (Å²) in [6, 6.07) is 8.87. The van der Waals surface area contributed by atoms with Gasteiger partial charge in [0.05, 0.1) is 6.26 Å². The lowest BCUT2D eigenvalue weighted by atomic mass is 9.77. The molecule has 1 heterocycles. The van der Waals surface area contributed by atoms with Gasteiger partial charge in [-0.05, 0) is 43.7 Å². The van der Waals surface area contributed by atoms with E-state index in [0.29, 0.717) is 6.04 Å². The van der Waals surface area contributed by atoms with Crippen LogP contribution in [0.3, 0.4) is 0 Å². The Hall–Kier alpha value is -1.28. The van der Waals surface area contributed by atoms with Crippen LogP contribution in [0.5, 0.6) is 0 Å². The summed E-state index contributed by atoms with van der Waals surface area (Å²) >= 11 is 0. The smallest absolute Gasteiger partial charge is 0.134 e. The van der Waals surface area contributed by atoms with E-state index in [2.05, 4.69) is 37.4 Å². The van der Waals surface area contributed by atoms with E-state index in [1.54, 1.807) is 0 Å². The highest BCUT2D eigenvalue weighted by atomic mass is 16.3. The Kier molecular flexibility index (Phi) is 4.64. The highest BCUT2D eigenvalue weighted by molar-refractivity contribution is 5.81. The minimum atomic E-state index is 0.445. The summed E-state index contributed by atoms with van der Waals surface area (Å²) in [6.45, 7) is 5.70. The monoisotopic (exact) mass is 285 g/mol. The molecule has 0 radical (unpaired) electrons. The molecule has 3 rings (SSSR count). The van der Waals surface area contributed by atoms with Gasteiger partial charge in [0.2, 0.25) is 0 Å². The van der Waals surface area contributed by atoms with Crippen LogP contribution in [-0.2, 0) is 0 Å². The number of hydrogen-bond acceptors (Lipinski definition) is 2. The van der Waals surface area contributed by atoms with Crippen molar-refractivity contribution in [2.24, 2.45) is 11.8 Å². The zero-order valence-electron chi connectivity index (χ0n) is 13.3. The summed E-state index contributed by atoms with van der Waals surface area (Å²) in [4.78, 5) is 0. The van der Waals surface area contributed by atoms with Crippen LogP contribution in [0.4, 0.5) is 0 Å². The molecule has 1 aliphatic rings. The van der Waals surface area contributed by atoms with E-state index in [0.717, 1.165) is 24.0 Å². The van der Waals surface area contributed by atoms with Crippen LogP contribution in [0.25, 0.3) is 11.0 Å². The Morgan fingerprint density at radius 2 is 1.95 bits per heavy atom. The van der Waals surface area contributed by atoms with Gasteiger partial charge in [-0.3, -0.25) is 0 Å². The van der Waals surface area contributed by atoms with Crippen LogP contribution < -0.4 is 5.32 Å². The fourth-order valence-corrected chi connectivity index (χ4v) is 3.69. The molecule has 1 fully saturated rings. The maximum absolute atomic E-state index is 5.78. The van der Waals surface area contributed by atoms with Crippen molar-refractivity contribution in [3.63, 3.8) is 0 Å². The van der Waals surface area contributed by atoms with E-state index in [1.165, 1.54) is 43.1 Å². The van der Waals surface area contributed by atoms with E-state index in [9.17, 15) is 0 Å². The van der Waals surface area contributed by atoms with Gasteiger partial charge in [-0.1, -0.05) is 44.9 Å². The lowest BCUT2D eigenvalue weighted by Gasteiger charge is -2.33. The summed E-state index contributed by atoms with van der Waals surface area (Å²) in [7, 11) is 0. The lowest BCUT2D eigenvalue weighted by molar-refractivity contribution is 0.231. The molecule has 0 bridgehead atoms. The second-order valence-electron chi connectivity index (χ2n) is 6.64. The first-order valence-corrected chi connectivity index (χ1v) is 8.49. The van der Waals surface area contributed by atoms with Gasteiger partial charge in [-0.15, -0.1) is 0 Å². The quantitative estimate of drug-likeness (QED) is 0.806. The van der Waals surface area contributed by atoms with Gasteiger partial charge >= 0.3 is 0 Å². The topological polar surface area (TPSA) is 25.2 Å². The molecular weight excluding hydrogens is 258 g/mol. The maximum Gasteiger partial charge on any atom is 0.134 e. The number of rotatable bonds is 5. The molecule has 1 aliphatic carbocycles. The van der Waals surface area contributed by atoms with Crippen molar-refractivity contribution in [2.75, 3.05) is 6.54 Å². The van der Waals surface area contributed by atoms with Crippen molar-refractivity contribution >= 4 is 11.0 Å². The van der Waals surface area contributed by atoms with E-state index >= 15 is 0 Å². The third-order valence-electron chi connectivity index (χ3n) is 4.99. The summed E-state index contributed by atoms with van der Waals surface area (Å²) < 4.78 is 5.78. The van der Waals surface area contributed by atoms with Gasteiger partial charge in [0.15, 0.2) is 0 Å². The fraction of sp³-hybridized carbons (Fsp3) is 0.579. The van der Waals surface area contributed by atoms with Crippen molar-refractivity contribution in [1.82, 2.24) is 5.32 Å². The number of fused-ring (bicyclic) bond motifs is 1. The van der Waals surface area contributed by atoms with Crippen molar-refractivity contribution in [3.8, 4) is 0 Å². The van der Waals surface area contributed by atoms with E-state index in [1.807, 2.05) is 12.3 Å². The van der Waals surface area contributed by atoms with Gasteiger partial charge in [0.1, 0.15) is 5.58 Å². The third-order valence-corrected chi connectivity index (χ3v) is 4.99. The Labute approximate surface area is 127 Å². The number of benzene rings is 1. The van der Waals surface area contributed by atoms with Crippen LogP contribution in [-0.4, -0.2) is 6.54 Å². The molecule has 2 heteroatoms. The van der Waals surface area contributed by atoms with Crippen LogP contribution in [0.2, 0.25) is 0 Å². The van der Waals surface area contributed by atoms with Crippen LogP contribution >= 0.6 is 0 Å². The fourth-order valence-electron chi connectivity index (χ4n) is 3.69. The second-order valence-corrected chi connectivity index (χ2v) is 6.64. The first kappa shape index (κ1) is 14.6. The largest absolute Gasteiger partial charge is 0.464 e. The number of hydrogen-bond donors (Lipinski definition) is 1. The zero-order chi connectivity index (χ0) is 14.7. The molecule has 0 spiro atoms. The molecule has 1 aromatic carbocycles. The van der Waals surface area contributed by atoms with E-state index < -0.39 is 0 Å². The first-order valence-electron chi connectivity index (χ1n) is 8.49. The second kappa shape index (κ2) is 6.65. The molecule has 0 amide bonds. The molecule has 2 nitrogen and oxygen atoms in total. The molecule has 1 unspecified atom stereocenters. The predicted molar refractivity (Wildman–Crippen MR) is 88.4 cm³/mol. The van der Waals surface area contributed by atoms with Crippen LogP contribution in [0.1, 0.15) is 57.6 Å². The third kappa shape index (κ3) is 3.16. The lowest BCUT2D eigenvalue weighted by Crippen LogP contribution is -2.31. The van der Waals surface area contributed by atoms with E-state index in [4.69, 9.17) is 4.42 Å². The zero-order valence-corrected chi connectivity index (χ0v) is 13.3. The predicted octanol–water partition coefficient (Wildman–Crippen LogP) is 5.30. The van der Waals surface area contributed by atoms with Crippen LogP contribution in [0.15, 0.2) is 34.9 Å². The average Bonchev–Trinajstić information content (AvgIpc) is 2.93. The summed E-state index contributed by atoms with van der Waals surface area (Å²) in [5.41, 5.74) is 2.37. The molecular formula is C19H27NO. The standard InChI is InChI=1S/C19H27NO/c1-3-12-20-19(15-10-8-14(2)9-11-15)17-13-21-18-7-5-4-6-16(17)18/h4-7,13-15,19-20H,3,8-12H2,1-2H3. The molecule has 0 aliphatic heterocycles. The number of furan rings is 1. The SMILES string of the molecule is CCCNC(c1coc2ccccc12)C1CCC(C)CC1. The molecule has 1 N–H and O–H groups in total. The highest BCUT2D eigenvalue weighted by Gasteiger charge is 2.28. The Bertz CT molecular complexity index is 566. The molecule has 114 valence electrons. The van der Waals surface area contributed by atoms with Crippen molar-refractivity contribution in [1.29, 1.82) is 0 Å². The first-order chi connectivity index (χ1) is 10.3. The van der Waals surface area contributed by atoms with Crippen molar-refractivity contribution in [3.05, 3.63) is 36.1 Å². The number of para-hydroxylation sites is 1. The summed E-state index contributed by atoms with van der Waals surface area (Å²) in [5, 5.41) is 5.07.